The van der Waals surface area contributed by atoms with E-state index in [1.807, 2.05) is 27.4 Å². The van der Waals surface area contributed by atoms with Crippen molar-refractivity contribution < 1.29 is 4.79 Å². The van der Waals surface area contributed by atoms with Crippen LogP contribution in [0.15, 0.2) is 42.0 Å². The predicted octanol–water partition coefficient (Wildman–Crippen LogP) is 3.73. The number of hydrogen-bond donors (Lipinski definition) is 1. The van der Waals surface area contributed by atoms with Gasteiger partial charge in [-0.3, -0.25) is 4.79 Å². The fraction of sp³-hybridized carbons (Fsp3) is 0.381. The molecule has 1 aliphatic carbocycles. The van der Waals surface area contributed by atoms with Crippen molar-refractivity contribution in [3.8, 4) is 16.3 Å². The maximum Gasteiger partial charge on any atom is 0.273 e. The lowest BCUT2D eigenvalue weighted by Crippen LogP contribution is -2.51. The number of amides is 1. The molecule has 2 fully saturated rings. The third kappa shape index (κ3) is 4.22. The van der Waals surface area contributed by atoms with Crippen LogP contribution in [0.4, 0.5) is 0 Å². The number of aromatic nitrogens is 3. The van der Waals surface area contributed by atoms with Crippen molar-refractivity contribution in [1.82, 2.24) is 25.0 Å². The summed E-state index contributed by atoms with van der Waals surface area (Å²) in [5.74, 6) is 0.770. The van der Waals surface area contributed by atoms with Crippen molar-refractivity contribution in [2.45, 2.75) is 31.7 Å². The van der Waals surface area contributed by atoms with E-state index in [0.717, 1.165) is 41.8 Å². The van der Waals surface area contributed by atoms with E-state index in [1.165, 1.54) is 29.7 Å². The van der Waals surface area contributed by atoms with Crippen LogP contribution in [-0.4, -0.2) is 51.2 Å². The Hall–Kier alpha value is -2.22. The smallest absolute Gasteiger partial charge is 0.273 e. The molecule has 2 aliphatic rings. The molecule has 1 saturated carbocycles. The van der Waals surface area contributed by atoms with Crippen LogP contribution in [0.1, 0.15) is 41.7 Å². The van der Waals surface area contributed by atoms with Crippen molar-refractivity contribution in [3.05, 3.63) is 53.3 Å². The summed E-state index contributed by atoms with van der Waals surface area (Å²) in [6.07, 6.45) is 6.41. The monoisotopic (exact) mass is 429 g/mol. The molecule has 1 aliphatic heterocycles. The Balaban J connectivity index is 0.00000205. The van der Waals surface area contributed by atoms with Crippen LogP contribution in [0.5, 0.6) is 0 Å². The van der Waals surface area contributed by atoms with Crippen LogP contribution < -0.4 is 5.32 Å². The lowest BCUT2D eigenvalue weighted by molar-refractivity contribution is 0.0704. The molecule has 0 spiro atoms. The second kappa shape index (κ2) is 8.26. The van der Waals surface area contributed by atoms with Gasteiger partial charge in [0.1, 0.15) is 10.7 Å². The zero-order valence-corrected chi connectivity index (χ0v) is 17.9. The Kier molecular flexibility index (Phi) is 5.72. The SMILES string of the molecule is C[C@H]1CN(C(=O)c2csc(-c3cnn(-c4ccc(C5CC5)cc4)c3)n2)CCN1.Cl. The van der Waals surface area contributed by atoms with Crippen LogP contribution in [0.25, 0.3) is 16.3 Å². The van der Waals surface area contributed by atoms with Gasteiger partial charge in [-0.2, -0.15) is 5.10 Å². The molecule has 0 radical (unpaired) electrons. The zero-order chi connectivity index (χ0) is 19.1. The first-order valence-electron chi connectivity index (χ1n) is 9.81. The molecule has 1 amide bonds. The molecule has 29 heavy (non-hydrogen) atoms. The van der Waals surface area contributed by atoms with Crippen molar-refractivity contribution in [2.24, 2.45) is 0 Å². The van der Waals surface area contributed by atoms with Gasteiger partial charge in [0.2, 0.25) is 0 Å². The number of rotatable bonds is 4. The molecule has 0 bridgehead atoms. The van der Waals surface area contributed by atoms with E-state index in [4.69, 9.17) is 0 Å². The zero-order valence-electron chi connectivity index (χ0n) is 16.2. The van der Waals surface area contributed by atoms with Gasteiger partial charge in [0.25, 0.3) is 5.91 Å². The summed E-state index contributed by atoms with van der Waals surface area (Å²) < 4.78 is 1.87. The molecule has 1 N–H and O–H groups in total. The highest BCUT2D eigenvalue weighted by Gasteiger charge is 2.24. The fourth-order valence-electron chi connectivity index (χ4n) is 3.67. The summed E-state index contributed by atoms with van der Waals surface area (Å²) in [5, 5.41) is 10.5. The van der Waals surface area contributed by atoms with Crippen LogP contribution >= 0.6 is 23.7 Å². The highest BCUT2D eigenvalue weighted by molar-refractivity contribution is 7.13. The number of carbonyl (C=O) groups is 1. The van der Waals surface area contributed by atoms with Gasteiger partial charge in [0.15, 0.2) is 0 Å². The van der Waals surface area contributed by atoms with Crippen LogP contribution in [0, 0.1) is 0 Å². The number of hydrogen-bond acceptors (Lipinski definition) is 5. The number of carbonyl (C=O) groups excluding carboxylic acids is 1. The number of halogens is 1. The van der Waals surface area contributed by atoms with Crippen molar-refractivity contribution >= 4 is 29.7 Å². The molecular weight excluding hydrogens is 406 g/mol. The van der Waals surface area contributed by atoms with Crippen LogP contribution in [0.3, 0.4) is 0 Å². The second-order valence-electron chi connectivity index (χ2n) is 7.68. The van der Waals surface area contributed by atoms with E-state index < -0.39 is 0 Å². The number of benzene rings is 1. The maximum atomic E-state index is 12.7. The third-order valence-electron chi connectivity index (χ3n) is 5.42. The molecule has 3 heterocycles. The Bertz CT molecular complexity index is 995. The molecule has 5 rings (SSSR count). The predicted molar refractivity (Wildman–Crippen MR) is 117 cm³/mol. The summed E-state index contributed by atoms with van der Waals surface area (Å²) >= 11 is 1.49. The van der Waals surface area contributed by atoms with Gasteiger partial charge in [-0.25, -0.2) is 9.67 Å². The standard InChI is InChI=1S/C21H23N5OS.ClH/c1-14-11-25(9-8-22-14)21(27)19-13-28-20(24-19)17-10-23-26(12-17)18-6-4-16(5-7-18)15-2-3-15;/h4-7,10,12-15,22H,2-3,8-9,11H2,1H3;1H/t14-;/m0./s1. The topological polar surface area (TPSA) is 63.1 Å². The Labute approximate surface area is 180 Å². The average Bonchev–Trinajstić information content (AvgIpc) is 3.25. The third-order valence-corrected chi connectivity index (χ3v) is 6.31. The van der Waals surface area contributed by atoms with Gasteiger partial charge in [0.05, 0.1) is 11.9 Å². The van der Waals surface area contributed by atoms with Crippen LogP contribution in [0.2, 0.25) is 0 Å². The highest BCUT2D eigenvalue weighted by Crippen LogP contribution is 2.40. The van der Waals surface area contributed by atoms with E-state index in [0.29, 0.717) is 11.7 Å². The number of piperazine rings is 1. The van der Waals surface area contributed by atoms with Gasteiger partial charge >= 0.3 is 0 Å². The normalized spacial score (nSPS) is 19.1. The molecule has 152 valence electrons. The first-order chi connectivity index (χ1) is 13.7. The van der Waals surface area contributed by atoms with Crippen molar-refractivity contribution in [2.75, 3.05) is 19.6 Å². The van der Waals surface area contributed by atoms with Crippen molar-refractivity contribution in [1.29, 1.82) is 0 Å². The molecule has 1 atom stereocenters. The first kappa shape index (κ1) is 20.1. The minimum atomic E-state index is 0. The summed E-state index contributed by atoms with van der Waals surface area (Å²) in [6, 6.07) is 8.95. The van der Waals surface area contributed by atoms with Crippen LogP contribution in [-0.2, 0) is 0 Å². The fourth-order valence-corrected chi connectivity index (χ4v) is 4.44. The summed E-state index contributed by atoms with van der Waals surface area (Å²) in [5.41, 5.74) is 3.92. The maximum absolute atomic E-state index is 12.7. The second-order valence-corrected chi connectivity index (χ2v) is 8.54. The first-order valence-corrected chi connectivity index (χ1v) is 10.7. The molecule has 6 nitrogen and oxygen atoms in total. The van der Waals surface area contributed by atoms with E-state index in [2.05, 4.69) is 46.6 Å². The van der Waals surface area contributed by atoms with Gasteiger partial charge in [0, 0.05) is 42.8 Å². The number of nitrogens with zero attached hydrogens (tertiary/aromatic N) is 4. The van der Waals surface area contributed by atoms with Gasteiger partial charge in [-0.15, -0.1) is 23.7 Å². The van der Waals surface area contributed by atoms with E-state index >= 15 is 0 Å². The average molecular weight is 430 g/mol. The summed E-state index contributed by atoms with van der Waals surface area (Å²) in [7, 11) is 0. The summed E-state index contributed by atoms with van der Waals surface area (Å²) in [4.78, 5) is 19.2. The van der Waals surface area contributed by atoms with Gasteiger partial charge in [-0.1, -0.05) is 12.1 Å². The Morgan fingerprint density at radius 2 is 2.03 bits per heavy atom. The van der Waals surface area contributed by atoms with Crippen molar-refractivity contribution in [3.63, 3.8) is 0 Å². The van der Waals surface area contributed by atoms with E-state index in [-0.39, 0.29) is 18.3 Å². The number of thiazole rings is 1. The van der Waals surface area contributed by atoms with Gasteiger partial charge in [-0.05, 0) is 43.4 Å². The molecule has 0 unspecified atom stereocenters. The van der Waals surface area contributed by atoms with E-state index in [1.54, 1.807) is 0 Å². The molecular formula is C21H24ClN5OS. The Morgan fingerprint density at radius 3 is 2.76 bits per heavy atom. The largest absolute Gasteiger partial charge is 0.334 e. The number of nitrogens with one attached hydrogen (secondary N) is 1. The molecule has 3 aromatic rings. The van der Waals surface area contributed by atoms with E-state index in [9.17, 15) is 4.79 Å². The molecule has 2 aromatic heterocycles. The summed E-state index contributed by atoms with van der Waals surface area (Å²) in [6.45, 7) is 4.37. The minimum absolute atomic E-state index is 0. The highest BCUT2D eigenvalue weighted by atomic mass is 35.5. The van der Waals surface area contributed by atoms with Gasteiger partial charge < -0.3 is 10.2 Å². The minimum Gasteiger partial charge on any atom is -0.334 e. The molecule has 1 saturated heterocycles. The molecule has 1 aromatic carbocycles. The molecule has 8 heteroatoms. The lowest BCUT2D eigenvalue weighted by Gasteiger charge is -2.31. The lowest BCUT2D eigenvalue weighted by atomic mass is 10.1. The Morgan fingerprint density at radius 1 is 1.24 bits per heavy atom. The quantitative estimate of drug-likeness (QED) is 0.686.